The van der Waals surface area contributed by atoms with Crippen molar-refractivity contribution in [1.29, 1.82) is 0 Å². The van der Waals surface area contributed by atoms with E-state index in [1.807, 2.05) is 24.3 Å². The molecular formula is C16H14O4. The molecule has 2 aromatic carbocycles. The fraction of sp³-hybridized carbons (Fsp3) is 0.0625. The van der Waals surface area contributed by atoms with Crippen LogP contribution >= 0.6 is 0 Å². The van der Waals surface area contributed by atoms with Crippen LogP contribution in [0.3, 0.4) is 0 Å². The highest BCUT2D eigenvalue weighted by atomic mass is 16.5. The quantitative estimate of drug-likeness (QED) is 0.874. The highest BCUT2D eigenvalue weighted by Gasteiger charge is 2.08. The van der Waals surface area contributed by atoms with Crippen molar-refractivity contribution in [1.82, 2.24) is 0 Å². The molecule has 20 heavy (non-hydrogen) atoms. The Balaban J connectivity index is 2.06. The topological polar surface area (TPSA) is 66.8 Å². The maximum Gasteiger partial charge on any atom is 0.335 e. The molecule has 0 saturated carbocycles. The number of aromatic hydroxyl groups is 1. The van der Waals surface area contributed by atoms with Gasteiger partial charge in [0.1, 0.15) is 6.61 Å². The van der Waals surface area contributed by atoms with Crippen molar-refractivity contribution in [2.75, 3.05) is 0 Å². The zero-order valence-corrected chi connectivity index (χ0v) is 10.7. The van der Waals surface area contributed by atoms with E-state index < -0.39 is 5.97 Å². The van der Waals surface area contributed by atoms with Gasteiger partial charge in [0.05, 0.1) is 5.56 Å². The number of carboxylic acid groups (broad SMARTS) is 1. The van der Waals surface area contributed by atoms with Crippen molar-refractivity contribution in [2.45, 2.75) is 6.61 Å². The number of hydrogen-bond acceptors (Lipinski definition) is 3. The molecule has 4 nitrogen and oxygen atoms in total. The molecule has 2 aromatic rings. The second-order valence-electron chi connectivity index (χ2n) is 4.22. The Hall–Kier alpha value is -2.75. The molecule has 4 heteroatoms. The monoisotopic (exact) mass is 270 g/mol. The lowest BCUT2D eigenvalue weighted by atomic mass is 10.1. The number of carbonyl (C=O) groups is 1. The number of benzene rings is 2. The zero-order valence-electron chi connectivity index (χ0n) is 10.7. The number of ether oxygens (including phenoxy) is 1. The minimum absolute atomic E-state index is 0.0187. The molecule has 0 aromatic heterocycles. The van der Waals surface area contributed by atoms with Crippen LogP contribution in [0.15, 0.2) is 49.0 Å². The van der Waals surface area contributed by atoms with Gasteiger partial charge in [-0.15, -0.1) is 0 Å². The molecule has 2 rings (SSSR count). The van der Waals surface area contributed by atoms with Crippen LogP contribution in [0.4, 0.5) is 0 Å². The minimum Gasteiger partial charge on any atom is -0.504 e. The Morgan fingerprint density at radius 2 is 1.90 bits per heavy atom. The second kappa shape index (κ2) is 5.93. The van der Waals surface area contributed by atoms with Crippen LogP contribution in [-0.2, 0) is 6.61 Å². The standard InChI is InChI=1S/C16H14O4/c1-2-11-3-5-12(6-4-11)10-20-15-8-7-13(16(18)19)9-14(15)17/h2-9,17H,1,10H2,(H,18,19). The smallest absolute Gasteiger partial charge is 0.335 e. The maximum atomic E-state index is 10.7. The molecule has 0 fully saturated rings. The minimum atomic E-state index is -1.09. The molecule has 0 aliphatic heterocycles. The molecule has 0 spiro atoms. The van der Waals surface area contributed by atoms with Crippen molar-refractivity contribution in [3.63, 3.8) is 0 Å². The van der Waals surface area contributed by atoms with Gasteiger partial charge >= 0.3 is 5.97 Å². The molecule has 102 valence electrons. The lowest BCUT2D eigenvalue weighted by molar-refractivity contribution is 0.0696. The summed E-state index contributed by atoms with van der Waals surface area (Å²) in [6, 6.07) is 11.6. The summed E-state index contributed by atoms with van der Waals surface area (Å²) in [7, 11) is 0. The predicted molar refractivity (Wildman–Crippen MR) is 75.9 cm³/mol. The van der Waals surface area contributed by atoms with E-state index in [-0.39, 0.29) is 23.7 Å². The molecule has 0 unspecified atom stereocenters. The molecule has 0 radical (unpaired) electrons. The normalized spacial score (nSPS) is 10.0. The number of phenols is 1. The van der Waals surface area contributed by atoms with E-state index in [0.29, 0.717) is 0 Å². The van der Waals surface area contributed by atoms with Crippen molar-refractivity contribution >= 4 is 12.0 Å². The van der Waals surface area contributed by atoms with E-state index in [1.54, 1.807) is 6.08 Å². The molecule has 0 heterocycles. The van der Waals surface area contributed by atoms with Crippen LogP contribution in [0.1, 0.15) is 21.5 Å². The maximum absolute atomic E-state index is 10.7. The second-order valence-corrected chi connectivity index (χ2v) is 4.22. The first-order valence-electron chi connectivity index (χ1n) is 6.00. The van der Waals surface area contributed by atoms with Crippen molar-refractivity contribution < 1.29 is 19.7 Å². The fourth-order valence-corrected chi connectivity index (χ4v) is 1.68. The van der Waals surface area contributed by atoms with Gasteiger partial charge in [-0.1, -0.05) is 36.9 Å². The van der Waals surface area contributed by atoms with Gasteiger partial charge in [-0.25, -0.2) is 4.79 Å². The zero-order chi connectivity index (χ0) is 14.5. The Morgan fingerprint density at radius 3 is 2.45 bits per heavy atom. The lowest BCUT2D eigenvalue weighted by Gasteiger charge is -2.09. The molecule has 0 amide bonds. The van der Waals surface area contributed by atoms with Gasteiger partial charge < -0.3 is 14.9 Å². The van der Waals surface area contributed by atoms with Crippen LogP contribution in [0, 0.1) is 0 Å². The van der Waals surface area contributed by atoms with E-state index in [1.165, 1.54) is 18.2 Å². The van der Waals surface area contributed by atoms with Gasteiger partial charge in [0.25, 0.3) is 0 Å². The van der Waals surface area contributed by atoms with Gasteiger partial charge in [0, 0.05) is 0 Å². The first kappa shape index (κ1) is 13.7. The van der Waals surface area contributed by atoms with Gasteiger partial charge in [-0.2, -0.15) is 0 Å². The molecule has 0 aliphatic rings. The number of rotatable bonds is 5. The predicted octanol–water partition coefficient (Wildman–Crippen LogP) is 3.31. The summed E-state index contributed by atoms with van der Waals surface area (Å²) in [4.78, 5) is 10.7. The molecule has 0 saturated heterocycles. The van der Waals surface area contributed by atoms with E-state index in [0.717, 1.165) is 11.1 Å². The van der Waals surface area contributed by atoms with Gasteiger partial charge in [-0.3, -0.25) is 0 Å². The Morgan fingerprint density at radius 1 is 1.20 bits per heavy atom. The van der Waals surface area contributed by atoms with Crippen molar-refractivity contribution in [3.8, 4) is 11.5 Å². The SMILES string of the molecule is C=Cc1ccc(COc2ccc(C(=O)O)cc2O)cc1. The third-order valence-corrected chi connectivity index (χ3v) is 2.82. The van der Waals surface area contributed by atoms with Crippen molar-refractivity contribution in [3.05, 3.63) is 65.7 Å². The highest BCUT2D eigenvalue weighted by Crippen LogP contribution is 2.27. The summed E-state index contributed by atoms with van der Waals surface area (Å²) in [5, 5.41) is 18.5. The Kier molecular flexibility index (Phi) is 4.05. The first-order chi connectivity index (χ1) is 9.60. The number of hydrogen-bond donors (Lipinski definition) is 2. The van der Waals surface area contributed by atoms with E-state index in [9.17, 15) is 9.90 Å². The Bertz CT molecular complexity index is 629. The summed E-state index contributed by atoms with van der Waals surface area (Å²) in [6.45, 7) is 3.97. The average Bonchev–Trinajstić information content (AvgIpc) is 2.46. The van der Waals surface area contributed by atoms with E-state index >= 15 is 0 Å². The van der Waals surface area contributed by atoms with E-state index in [4.69, 9.17) is 9.84 Å². The van der Waals surface area contributed by atoms with Gasteiger partial charge in [0.15, 0.2) is 11.5 Å². The molecule has 2 N–H and O–H groups in total. The van der Waals surface area contributed by atoms with Crippen molar-refractivity contribution in [2.24, 2.45) is 0 Å². The van der Waals surface area contributed by atoms with Crippen LogP contribution < -0.4 is 4.74 Å². The summed E-state index contributed by atoms with van der Waals surface area (Å²) in [5.41, 5.74) is 1.98. The summed E-state index contributed by atoms with van der Waals surface area (Å²) < 4.78 is 5.46. The van der Waals surface area contributed by atoms with Crippen LogP contribution in [0.25, 0.3) is 6.08 Å². The van der Waals surface area contributed by atoms with E-state index in [2.05, 4.69) is 6.58 Å². The summed E-state index contributed by atoms with van der Waals surface area (Å²) in [5.74, 6) is -1.03. The third kappa shape index (κ3) is 3.17. The number of carboxylic acids is 1. The van der Waals surface area contributed by atoms with Gasteiger partial charge in [-0.05, 0) is 29.3 Å². The first-order valence-corrected chi connectivity index (χ1v) is 6.00. The summed E-state index contributed by atoms with van der Waals surface area (Å²) in [6.07, 6.45) is 1.75. The van der Waals surface area contributed by atoms with Crippen LogP contribution in [-0.4, -0.2) is 16.2 Å². The molecule has 0 atom stereocenters. The Labute approximate surface area is 116 Å². The largest absolute Gasteiger partial charge is 0.504 e. The summed E-state index contributed by atoms with van der Waals surface area (Å²) >= 11 is 0. The fourth-order valence-electron chi connectivity index (χ4n) is 1.68. The average molecular weight is 270 g/mol. The molecular weight excluding hydrogens is 256 g/mol. The van der Waals surface area contributed by atoms with Crippen LogP contribution in [0.5, 0.6) is 11.5 Å². The lowest BCUT2D eigenvalue weighted by Crippen LogP contribution is -1.98. The molecule has 0 bridgehead atoms. The number of phenolic OH excluding ortho intramolecular Hbond substituents is 1. The highest BCUT2D eigenvalue weighted by molar-refractivity contribution is 5.88. The third-order valence-electron chi connectivity index (χ3n) is 2.82. The molecule has 0 aliphatic carbocycles. The van der Waals surface area contributed by atoms with Crippen LogP contribution in [0.2, 0.25) is 0 Å². The number of aromatic carboxylic acids is 1. The van der Waals surface area contributed by atoms with Gasteiger partial charge in [0.2, 0.25) is 0 Å².